The molecule has 0 aliphatic carbocycles. The molecule has 1 amide bonds. The molecule has 1 aromatic rings. The van der Waals surface area contributed by atoms with Gasteiger partial charge >= 0.3 is 0 Å². The highest BCUT2D eigenvalue weighted by atomic mass is 79.9. The molecule has 1 fully saturated rings. The minimum Gasteiger partial charge on any atom is -0.395 e. The second-order valence-electron chi connectivity index (χ2n) is 4.83. The fourth-order valence-corrected chi connectivity index (χ4v) is 2.44. The third kappa shape index (κ3) is 2.80. The molecular weight excluding hydrogens is 317 g/mol. The molecule has 104 valence electrons. The molecule has 1 aliphatic rings. The molecule has 1 aromatic carbocycles. The summed E-state index contributed by atoms with van der Waals surface area (Å²) in [6.07, 6.45) is 0. The lowest BCUT2D eigenvalue weighted by atomic mass is 9.85. The topological polar surface area (TPSA) is 49.8 Å². The van der Waals surface area contributed by atoms with Crippen molar-refractivity contribution in [2.24, 2.45) is 5.41 Å². The molecule has 1 N–H and O–H groups in total. The number of benzene rings is 1. The molecule has 0 radical (unpaired) electrons. The number of nitrogens with zero attached hydrogens (tertiary/aromatic N) is 1. The van der Waals surface area contributed by atoms with Crippen molar-refractivity contribution in [1.29, 1.82) is 0 Å². The van der Waals surface area contributed by atoms with Crippen LogP contribution >= 0.6 is 15.9 Å². The molecule has 0 aromatic heterocycles. The largest absolute Gasteiger partial charge is 0.395 e. The Balaban J connectivity index is 2.10. The molecule has 4 nitrogen and oxygen atoms in total. The summed E-state index contributed by atoms with van der Waals surface area (Å²) in [5.41, 5.74) is -0.421. The Labute approximate surface area is 119 Å². The van der Waals surface area contributed by atoms with Gasteiger partial charge in [-0.25, -0.2) is 4.39 Å². The van der Waals surface area contributed by atoms with Gasteiger partial charge in [-0.2, -0.15) is 0 Å². The van der Waals surface area contributed by atoms with Gasteiger partial charge in [-0.3, -0.25) is 4.79 Å². The molecule has 0 spiro atoms. The van der Waals surface area contributed by atoms with Crippen LogP contribution in [0.15, 0.2) is 22.7 Å². The second kappa shape index (κ2) is 5.56. The molecule has 1 saturated heterocycles. The van der Waals surface area contributed by atoms with Crippen molar-refractivity contribution in [2.45, 2.75) is 6.54 Å². The van der Waals surface area contributed by atoms with Gasteiger partial charge in [0, 0.05) is 23.6 Å². The number of aliphatic hydroxyl groups excluding tert-OH is 1. The molecule has 0 atom stereocenters. The van der Waals surface area contributed by atoms with Gasteiger partial charge in [-0.15, -0.1) is 0 Å². The molecule has 19 heavy (non-hydrogen) atoms. The number of hydrogen-bond donors (Lipinski definition) is 1. The van der Waals surface area contributed by atoms with E-state index in [1.807, 2.05) is 0 Å². The summed E-state index contributed by atoms with van der Waals surface area (Å²) in [7, 11) is 1.60. The van der Waals surface area contributed by atoms with Crippen molar-refractivity contribution in [3.05, 3.63) is 34.1 Å². The number of aliphatic hydroxyl groups is 1. The van der Waals surface area contributed by atoms with Crippen LogP contribution in [-0.2, 0) is 16.1 Å². The average Bonchev–Trinajstić information content (AvgIpc) is 2.33. The van der Waals surface area contributed by atoms with Crippen molar-refractivity contribution in [1.82, 2.24) is 4.90 Å². The van der Waals surface area contributed by atoms with Gasteiger partial charge in [0.1, 0.15) is 11.2 Å². The maximum absolute atomic E-state index is 13.6. The Bertz CT molecular complexity index is 485. The molecule has 1 heterocycles. The fraction of sp³-hybridized carbons (Fsp3) is 0.462. The van der Waals surface area contributed by atoms with Gasteiger partial charge in [0.05, 0.1) is 19.8 Å². The molecular formula is C13H15BrFNO3. The Kier molecular flexibility index (Phi) is 4.23. The van der Waals surface area contributed by atoms with E-state index in [1.54, 1.807) is 19.2 Å². The number of ether oxygens (including phenoxy) is 1. The molecule has 1 aliphatic heterocycles. The Morgan fingerprint density at radius 3 is 2.79 bits per heavy atom. The van der Waals surface area contributed by atoms with Crippen molar-refractivity contribution in [2.75, 3.05) is 26.9 Å². The van der Waals surface area contributed by atoms with Crippen LogP contribution in [0, 0.1) is 11.2 Å². The van der Waals surface area contributed by atoms with Crippen molar-refractivity contribution < 1.29 is 19.0 Å². The maximum Gasteiger partial charge on any atom is 0.235 e. The van der Waals surface area contributed by atoms with Crippen LogP contribution in [0.2, 0.25) is 0 Å². The Hall–Kier alpha value is -0.980. The highest BCUT2D eigenvalue weighted by Crippen LogP contribution is 2.29. The average molecular weight is 332 g/mol. The first kappa shape index (κ1) is 14.4. The summed E-state index contributed by atoms with van der Waals surface area (Å²) in [6, 6.07) is 4.60. The van der Waals surface area contributed by atoms with E-state index in [4.69, 9.17) is 4.74 Å². The summed E-state index contributed by atoms with van der Waals surface area (Å²) in [5, 5.41) is 9.31. The van der Waals surface area contributed by atoms with Crippen LogP contribution in [0.4, 0.5) is 4.39 Å². The number of rotatable bonds is 4. The Morgan fingerprint density at radius 2 is 2.26 bits per heavy atom. The number of carbonyl (C=O) groups is 1. The highest BCUT2D eigenvalue weighted by molar-refractivity contribution is 9.10. The molecule has 2 rings (SSSR count). The van der Waals surface area contributed by atoms with E-state index in [0.717, 1.165) is 4.47 Å². The summed E-state index contributed by atoms with van der Waals surface area (Å²) in [6.45, 7) is 0.338. The quantitative estimate of drug-likeness (QED) is 0.910. The maximum atomic E-state index is 13.6. The van der Waals surface area contributed by atoms with E-state index in [9.17, 15) is 14.3 Å². The van der Waals surface area contributed by atoms with Gasteiger partial charge in [-0.1, -0.05) is 15.9 Å². The summed E-state index contributed by atoms with van der Waals surface area (Å²) in [4.78, 5) is 13.7. The summed E-state index contributed by atoms with van der Waals surface area (Å²) >= 11 is 3.27. The van der Waals surface area contributed by atoms with E-state index in [-0.39, 0.29) is 38.1 Å². The van der Waals surface area contributed by atoms with Gasteiger partial charge < -0.3 is 14.7 Å². The molecule has 6 heteroatoms. The van der Waals surface area contributed by atoms with E-state index < -0.39 is 5.41 Å². The third-order valence-electron chi connectivity index (χ3n) is 3.28. The van der Waals surface area contributed by atoms with Gasteiger partial charge in [0.15, 0.2) is 0 Å². The third-order valence-corrected chi connectivity index (χ3v) is 3.77. The lowest BCUT2D eigenvalue weighted by Gasteiger charge is -2.40. The van der Waals surface area contributed by atoms with Gasteiger partial charge in [-0.05, 0) is 18.2 Å². The second-order valence-corrected chi connectivity index (χ2v) is 5.74. The van der Waals surface area contributed by atoms with E-state index in [2.05, 4.69) is 15.9 Å². The smallest absolute Gasteiger partial charge is 0.235 e. The van der Waals surface area contributed by atoms with Crippen molar-refractivity contribution >= 4 is 21.8 Å². The first-order valence-electron chi connectivity index (χ1n) is 5.86. The summed E-state index contributed by atoms with van der Waals surface area (Å²) < 4.78 is 19.4. The van der Waals surface area contributed by atoms with Crippen LogP contribution in [-0.4, -0.2) is 42.8 Å². The van der Waals surface area contributed by atoms with Gasteiger partial charge in [0.2, 0.25) is 5.91 Å². The SMILES string of the molecule is CN(Cc1cc(Br)ccc1F)C(=O)C1(CO)COC1. The van der Waals surface area contributed by atoms with Gasteiger partial charge in [0.25, 0.3) is 0 Å². The predicted molar refractivity (Wildman–Crippen MR) is 70.9 cm³/mol. The standard InChI is InChI=1S/C13H15BrFNO3/c1-16(12(18)13(6-17)7-19-8-13)5-9-4-10(14)2-3-11(9)15/h2-4,17H,5-8H2,1H3. The van der Waals surface area contributed by atoms with Crippen LogP contribution < -0.4 is 0 Å². The van der Waals surface area contributed by atoms with Crippen LogP contribution in [0.1, 0.15) is 5.56 Å². The zero-order valence-electron chi connectivity index (χ0n) is 10.5. The monoisotopic (exact) mass is 331 g/mol. The van der Waals surface area contributed by atoms with E-state index in [1.165, 1.54) is 11.0 Å². The Morgan fingerprint density at radius 1 is 1.58 bits per heavy atom. The lowest BCUT2D eigenvalue weighted by Crippen LogP contribution is -2.56. The zero-order chi connectivity index (χ0) is 14.0. The first-order chi connectivity index (χ1) is 8.98. The van der Waals surface area contributed by atoms with Crippen LogP contribution in [0.25, 0.3) is 0 Å². The van der Waals surface area contributed by atoms with E-state index in [0.29, 0.717) is 5.56 Å². The number of hydrogen-bond acceptors (Lipinski definition) is 3. The molecule has 0 unspecified atom stereocenters. The summed E-state index contributed by atoms with van der Waals surface area (Å²) in [5.74, 6) is -0.577. The molecule has 0 saturated carbocycles. The number of amides is 1. The fourth-order valence-electron chi connectivity index (χ4n) is 2.03. The number of halogens is 2. The minimum atomic E-state index is -0.850. The first-order valence-corrected chi connectivity index (χ1v) is 6.66. The predicted octanol–water partition coefficient (Wildman–Crippen LogP) is 1.56. The normalized spacial score (nSPS) is 16.8. The van der Waals surface area contributed by atoms with Crippen LogP contribution in [0.3, 0.4) is 0 Å². The zero-order valence-corrected chi connectivity index (χ0v) is 12.1. The number of carbonyl (C=O) groups excluding carboxylic acids is 1. The van der Waals surface area contributed by atoms with Crippen molar-refractivity contribution in [3.63, 3.8) is 0 Å². The van der Waals surface area contributed by atoms with Crippen LogP contribution in [0.5, 0.6) is 0 Å². The lowest BCUT2D eigenvalue weighted by molar-refractivity contribution is -0.179. The molecule has 0 bridgehead atoms. The van der Waals surface area contributed by atoms with E-state index >= 15 is 0 Å². The highest BCUT2D eigenvalue weighted by Gasteiger charge is 2.47. The van der Waals surface area contributed by atoms with Crippen molar-refractivity contribution in [3.8, 4) is 0 Å². The minimum absolute atomic E-state index is 0.159.